The lowest BCUT2D eigenvalue weighted by atomic mass is 10.3. The third kappa shape index (κ3) is 3.24. The molecule has 5 nitrogen and oxygen atoms in total. The lowest BCUT2D eigenvalue weighted by Crippen LogP contribution is -2.06. The standard InChI is InChI=1S/C15H18ClN5/c16-6-5-14-19-13-4-3-7-18-15(13)21(14)10-2-1-9-20-11-8-17-12-20/h3-4,7-8,11-12H,1-2,5-6,9-10H2. The molecule has 0 aromatic carbocycles. The maximum atomic E-state index is 5.88. The van der Waals surface area contributed by atoms with E-state index in [2.05, 4.69) is 24.1 Å². The molecule has 3 aromatic rings. The summed E-state index contributed by atoms with van der Waals surface area (Å²) in [6.07, 6.45) is 10.4. The molecular weight excluding hydrogens is 286 g/mol. The van der Waals surface area contributed by atoms with Gasteiger partial charge in [0.2, 0.25) is 0 Å². The number of imidazole rings is 2. The Kier molecular flexibility index (Phi) is 4.50. The van der Waals surface area contributed by atoms with E-state index in [-0.39, 0.29) is 0 Å². The molecule has 110 valence electrons. The number of hydrogen-bond donors (Lipinski definition) is 0. The number of hydrogen-bond acceptors (Lipinski definition) is 3. The molecule has 6 heteroatoms. The van der Waals surface area contributed by atoms with Crippen LogP contribution < -0.4 is 0 Å². The Bertz CT molecular complexity index is 689. The SMILES string of the molecule is ClCCc1nc2cccnc2n1CCCCn1ccnc1. The van der Waals surface area contributed by atoms with E-state index in [4.69, 9.17) is 11.6 Å². The molecule has 0 atom stereocenters. The Morgan fingerprint density at radius 1 is 1.14 bits per heavy atom. The lowest BCUT2D eigenvalue weighted by molar-refractivity contribution is 0.547. The molecule has 0 aliphatic heterocycles. The van der Waals surface area contributed by atoms with E-state index in [0.717, 1.165) is 49.3 Å². The fourth-order valence-corrected chi connectivity index (χ4v) is 2.67. The van der Waals surface area contributed by atoms with Crippen LogP contribution in [0.3, 0.4) is 0 Å². The number of nitrogens with zero attached hydrogens (tertiary/aromatic N) is 5. The van der Waals surface area contributed by atoms with Crippen molar-refractivity contribution < 1.29 is 0 Å². The average Bonchev–Trinajstić information content (AvgIpc) is 3.12. The van der Waals surface area contributed by atoms with E-state index in [1.807, 2.05) is 37.1 Å². The molecular formula is C15H18ClN5. The van der Waals surface area contributed by atoms with E-state index in [9.17, 15) is 0 Å². The van der Waals surface area contributed by atoms with Crippen molar-refractivity contribution in [1.82, 2.24) is 24.1 Å². The van der Waals surface area contributed by atoms with Gasteiger partial charge in [-0.2, -0.15) is 0 Å². The molecule has 0 aliphatic carbocycles. The van der Waals surface area contributed by atoms with Crippen molar-refractivity contribution >= 4 is 22.8 Å². The summed E-state index contributed by atoms with van der Waals surface area (Å²) in [5.41, 5.74) is 1.91. The third-order valence-corrected chi connectivity index (χ3v) is 3.70. The predicted molar refractivity (Wildman–Crippen MR) is 83.4 cm³/mol. The van der Waals surface area contributed by atoms with Crippen LogP contribution in [-0.2, 0) is 19.5 Å². The van der Waals surface area contributed by atoms with Gasteiger partial charge in [-0.1, -0.05) is 0 Å². The predicted octanol–water partition coefficient (Wildman–Crippen LogP) is 2.89. The van der Waals surface area contributed by atoms with Gasteiger partial charge in [0.1, 0.15) is 11.3 Å². The minimum atomic E-state index is 0.582. The van der Waals surface area contributed by atoms with Gasteiger partial charge in [0.05, 0.1) is 6.33 Å². The number of rotatable bonds is 7. The van der Waals surface area contributed by atoms with Crippen molar-refractivity contribution in [3.63, 3.8) is 0 Å². The van der Waals surface area contributed by atoms with E-state index in [1.165, 1.54) is 0 Å². The molecule has 0 saturated carbocycles. The topological polar surface area (TPSA) is 48.5 Å². The van der Waals surface area contributed by atoms with Crippen molar-refractivity contribution in [2.24, 2.45) is 0 Å². The first kappa shape index (κ1) is 14.1. The maximum Gasteiger partial charge on any atom is 0.159 e. The Balaban J connectivity index is 1.68. The molecule has 0 unspecified atom stereocenters. The highest BCUT2D eigenvalue weighted by Crippen LogP contribution is 2.15. The fourth-order valence-electron chi connectivity index (χ4n) is 2.50. The molecule has 21 heavy (non-hydrogen) atoms. The number of aromatic nitrogens is 5. The summed E-state index contributed by atoms with van der Waals surface area (Å²) in [6, 6.07) is 3.92. The summed E-state index contributed by atoms with van der Waals surface area (Å²) in [5, 5.41) is 0. The van der Waals surface area contributed by atoms with Crippen molar-refractivity contribution in [3.8, 4) is 0 Å². The largest absolute Gasteiger partial charge is 0.337 e. The minimum Gasteiger partial charge on any atom is -0.337 e. The first-order valence-corrected chi connectivity index (χ1v) is 7.74. The van der Waals surface area contributed by atoms with Crippen LogP contribution in [0.1, 0.15) is 18.7 Å². The quantitative estimate of drug-likeness (QED) is 0.498. The molecule has 0 bridgehead atoms. The summed E-state index contributed by atoms with van der Waals surface area (Å²) in [7, 11) is 0. The molecule has 0 aliphatic rings. The Hall–Kier alpha value is -1.88. The van der Waals surface area contributed by atoms with Gasteiger partial charge in [-0.25, -0.2) is 15.0 Å². The van der Waals surface area contributed by atoms with Gasteiger partial charge in [0.25, 0.3) is 0 Å². The lowest BCUT2D eigenvalue weighted by Gasteiger charge is -2.08. The monoisotopic (exact) mass is 303 g/mol. The van der Waals surface area contributed by atoms with Gasteiger partial charge < -0.3 is 9.13 Å². The van der Waals surface area contributed by atoms with E-state index < -0.39 is 0 Å². The van der Waals surface area contributed by atoms with Gasteiger partial charge in [-0.3, -0.25) is 0 Å². The van der Waals surface area contributed by atoms with Crippen molar-refractivity contribution in [1.29, 1.82) is 0 Å². The number of aryl methyl sites for hydroxylation is 3. The van der Waals surface area contributed by atoms with Crippen molar-refractivity contribution in [2.75, 3.05) is 5.88 Å². The van der Waals surface area contributed by atoms with Crippen LogP contribution in [0.5, 0.6) is 0 Å². The molecule has 0 amide bonds. The zero-order valence-electron chi connectivity index (χ0n) is 11.8. The van der Waals surface area contributed by atoms with Crippen LogP contribution in [0.2, 0.25) is 0 Å². The zero-order chi connectivity index (χ0) is 14.5. The van der Waals surface area contributed by atoms with Crippen LogP contribution >= 0.6 is 11.6 Å². The number of alkyl halides is 1. The van der Waals surface area contributed by atoms with Crippen molar-refractivity contribution in [2.45, 2.75) is 32.4 Å². The molecule has 0 saturated heterocycles. The summed E-state index contributed by atoms with van der Waals surface area (Å²) in [4.78, 5) is 13.1. The van der Waals surface area contributed by atoms with E-state index in [0.29, 0.717) is 5.88 Å². The zero-order valence-corrected chi connectivity index (χ0v) is 12.6. The molecule has 0 N–H and O–H groups in total. The first-order valence-electron chi connectivity index (χ1n) is 7.20. The van der Waals surface area contributed by atoms with Gasteiger partial charge in [0, 0.05) is 44.0 Å². The van der Waals surface area contributed by atoms with E-state index in [1.54, 1.807) is 0 Å². The van der Waals surface area contributed by atoms with Crippen LogP contribution in [-0.4, -0.2) is 30.0 Å². The second kappa shape index (κ2) is 6.72. The molecule has 3 heterocycles. The number of fused-ring (bicyclic) bond motifs is 1. The van der Waals surface area contributed by atoms with Crippen LogP contribution in [0.4, 0.5) is 0 Å². The molecule has 0 spiro atoms. The van der Waals surface area contributed by atoms with Crippen LogP contribution in [0.25, 0.3) is 11.2 Å². The first-order chi connectivity index (χ1) is 10.4. The minimum absolute atomic E-state index is 0.582. The third-order valence-electron chi connectivity index (χ3n) is 3.51. The number of unbranched alkanes of at least 4 members (excludes halogenated alkanes) is 1. The summed E-state index contributed by atoms with van der Waals surface area (Å²) >= 11 is 5.88. The Morgan fingerprint density at radius 3 is 2.86 bits per heavy atom. The normalized spacial score (nSPS) is 11.3. The average molecular weight is 304 g/mol. The highest BCUT2D eigenvalue weighted by atomic mass is 35.5. The Morgan fingerprint density at radius 2 is 2.05 bits per heavy atom. The number of pyridine rings is 1. The van der Waals surface area contributed by atoms with Gasteiger partial charge in [0.15, 0.2) is 5.65 Å². The van der Waals surface area contributed by atoms with Gasteiger partial charge in [-0.15, -0.1) is 11.6 Å². The van der Waals surface area contributed by atoms with Gasteiger partial charge >= 0.3 is 0 Å². The number of halogens is 1. The molecule has 3 aromatic heterocycles. The molecule has 0 radical (unpaired) electrons. The Labute approximate surface area is 128 Å². The molecule has 3 rings (SSSR count). The van der Waals surface area contributed by atoms with Crippen molar-refractivity contribution in [3.05, 3.63) is 42.9 Å². The van der Waals surface area contributed by atoms with Gasteiger partial charge in [-0.05, 0) is 25.0 Å². The second-order valence-electron chi connectivity index (χ2n) is 4.97. The highest BCUT2D eigenvalue weighted by Gasteiger charge is 2.10. The summed E-state index contributed by atoms with van der Waals surface area (Å²) in [5.74, 6) is 1.61. The fraction of sp³-hybridized carbons (Fsp3) is 0.400. The maximum absolute atomic E-state index is 5.88. The second-order valence-corrected chi connectivity index (χ2v) is 5.35. The highest BCUT2D eigenvalue weighted by molar-refractivity contribution is 6.17. The van der Waals surface area contributed by atoms with Crippen LogP contribution in [0, 0.1) is 0 Å². The summed E-state index contributed by atoms with van der Waals surface area (Å²) in [6.45, 7) is 1.92. The van der Waals surface area contributed by atoms with Crippen LogP contribution in [0.15, 0.2) is 37.1 Å². The molecule has 0 fully saturated rings. The smallest absolute Gasteiger partial charge is 0.159 e. The summed E-state index contributed by atoms with van der Waals surface area (Å²) < 4.78 is 4.30. The van der Waals surface area contributed by atoms with E-state index >= 15 is 0 Å².